The van der Waals surface area contributed by atoms with Gasteiger partial charge in [-0.25, -0.2) is 0 Å². The van der Waals surface area contributed by atoms with Crippen LogP contribution in [0.25, 0.3) is 0 Å². The Balaban J connectivity index is 3.19. The van der Waals surface area contributed by atoms with E-state index in [0.717, 1.165) is 0 Å². The van der Waals surface area contributed by atoms with Crippen molar-refractivity contribution >= 4 is 15.7 Å². The summed E-state index contributed by atoms with van der Waals surface area (Å²) in [6.07, 6.45) is 1.49. The first-order chi connectivity index (χ1) is 8.30. The van der Waals surface area contributed by atoms with Gasteiger partial charge in [-0.3, -0.25) is 4.31 Å². The lowest BCUT2D eigenvalue weighted by atomic mass is 10.3. The Morgan fingerprint density at radius 2 is 1.78 bits per heavy atom. The molecule has 0 aliphatic heterocycles. The molecule has 0 saturated carbocycles. The highest BCUT2D eigenvalue weighted by Crippen LogP contribution is 2.30. The monoisotopic (exact) mass is 279 g/mol. The molecule has 7 heteroatoms. The smallest absolute Gasteiger partial charge is 0.262 e. The van der Waals surface area contributed by atoms with E-state index >= 15 is 0 Å². The van der Waals surface area contributed by atoms with Gasteiger partial charge in [0.15, 0.2) is 0 Å². The molecule has 100 valence electrons. The molecule has 0 saturated heterocycles. The molecule has 0 N–H and O–H groups in total. The molecule has 0 aliphatic rings. The van der Waals surface area contributed by atoms with E-state index in [1.54, 1.807) is 6.07 Å². The topological polar surface area (TPSA) is 37.4 Å². The molecule has 3 nitrogen and oxygen atoms in total. The minimum Gasteiger partial charge on any atom is -0.262 e. The summed E-state index contributed by atoms with van der Waals surface area (Å²) in [5.41, 5.74) is -5.33. The van der Waals surface area contributed by atoms with Crippen molar-refractivity contribution in [1.29, 1.82) is 0 Å². The molecule has 0 radical (unpaired) electrons. The van der Waals surface area contributed by atoms with Gasteiger partial charge < -0.3 is 0 Å². The number of anilines is 1. The Morgan fingerprint density at radius 1 is 1.22 bits per heavy atom. The third-order valence-corrected chi connectivity index (χ3v) is 3.72. The van der Waals surface area contributed by atoms with E-state index in [0.29, 0.717) is 4.31 Å². The van der Waals surface area contributed by atoms with Crippen molar-refractivity contribution in [1.82, 2.24) is 0 Å². The van der Waals surface area contributed by atoms with Gasteiger partial charge in [-0.1, -0.05) is 24.3 Å². The minimum absolute atomic E-state index is 0.0170. The lowest BCUT2D eigenvalue weighted by Gasteiger charge is -2.24. The van der Waals surface area contributed by atoms with Gasteiger partial charge in [-0.15, -0.1) is 6.58 Å². The van der Waals surface area contributed by atoms with Crippen LogP contribution >= 0.6 is 0 Å². The predicted molar refractivity (Wildman–Crippen MR) is 63.6 cm³/mol. The summed E-state index contributed by atoms with van der Waals surface area (Å²) in [7, 11) is -5.38. The molecule has 0 bridgehead atoms. The van der Waals surface area contributed by atoms with Crippen molar-refractivity contribution in [2.45, 2.75) is 11.9 Å². The molecule has 1 aromatic rings. The average molecular weight is 279 g/mol. The summed E-state index contributed by atoms with van der Waals surface area (Å²) in [5, 5.41) is 0. The third kappa shape index (κ3) is 3.04. The van der Waals surface area contributed by atoms with E-state index in [9.17, 15) is 21.6 Å². The van der Waals surface area contributed by atoms with Crippen LogP contribution in [-0.4, -0.2) is 20.5 Å². The maximum atomic E-state index is 12.5. The van der Waals surface area contributed by atoms with Gasteiger partial charge in [0, 0.05) is 6.54 Å². The molecule has 0 spiro atoms. The van der Waals surface area contributed by atoms with E-state index < -0.39 is 15.5 Å². The Kier molecular flexibility index (Phi) is 4.39. The quantitative estimate of drug-likeness (QED) is 0.777. The van der Waals surface area contributed by atoms with Gasteiger partial charge >= 0.3 is 15.5 Å². The number of para-hydroxylation sites is 1. The van der Waals surface area contributed by atoms with Crippen LogP contribution in [0.4, 0.5) is 18.9 Å². The van der Waals surface area contributed by atoms with Crippen LogP contribution in [-0.2, 0) is 10.0 Å². The number of benzene rings is 1. The van der Waals surface area contributed by atoms with Crippen LogP contribution in [0.3, 0.4) is 0 Å². The Morgan fingerprint density at radius 3 is 2.22 bits per heavy atom. The van der Waals surface area contributed by atoms with Crippen LogP contribution in [0, 0.1) is 0 Å². The fourth-order valence-electron chi connectivity index (χ4n) is 1.32. The van der Waals surface area contributed by atoms with Gasteiger partial charge in [-0.2, -0.15) is 21.6 Å². The van der Waals surface area contributed by atoms with Crippen LogP contribution in [0.15, 0.2) is 43.0 Å². The molecule has 1 aromatic carbocycles. The second-order valence-electron chi connectivity index (χ2n) is 3.44. The van der Waals surface area contributed by atoms with Crippen molar-refractivity contribution in [2.24, 2.45) is 0 Å². The zero-order valence-electron chi connectivity index (χ0n) is 9.39. The summed E-state index contributed by atoms with van der Waals surface area (Å²) < 4.78 is 60.8. The number of nitrogens with zero attached hydrogens (tertiary/aromatic N) is 1. The zero-order chi connectivity index (χ0) is 13.8. The first kappa shape index (κ1) is 14.6. The van der Waals surface area contributed by atoms with Crippen LogP contribution in [0.2, 0.25) is 0 Å². The van der Waals surface area contributed by atoms with Crippen molar-refractivity contribution in [3.63, 3.8) is 0 Å². The summed E-state index contributed by atoms with van der Waals surface area (Å²) >= 11 is 0. The second-order valence-corrected chi connectivity index (χ2v) is 5.29. The number of alkyl halides is 3. The fraction of sp³-hybridized carbons (Fsp3) is 0.273. The van der Waals surface area contributed by atoms with Crippen molar-refractivity contribution in [2.75, 3.05) is 10.8 Å². The maximum absolute atomic E-state index is 12.5. The molecule has 0 heterocycles. The highest BCUT2D eigenvalue weighted by Gasteiger charge is 2.49. The third-order valence-electron chi connectivity index (χ3n) is 2.16. The van der Waals surface area contributed by atoms with Gasteiger partial charge in [-0.05, 0) is 18.6 Å². The summed E-state index contributed by atoms with van der Waals surface area (Å²) in [6.45, 7) is 3.07. The second kappa shape index (κ2) is 5.43. The number of hydrogen-bond donors (Lipinski definition) is 0. The van der Waals surface area contributed by atoms with E-state index in [-0.39, 0.29) is 18.7 Å². The largest absolute Gasteiger partial charge is 0.516 e. The van der Waals surface area contributed by atoms with E-state index in [2.05, 4.69) is 6.58 Å². The number of rotatable bonds is 5. The molecular weight excluding hydrogens is 267 g/mol. The molecule has 0 fully saturated rings. The Hall–Kier alpha value is -1.50. The molecule has 0 amide bonds. The summed E-state index contributed by atoms with van der Waals surface area (Å²) in [4.78, 5) is 0. The van der Waals surface area contributed by atoms with Crippen LogP contribution in [0.5, 0.6) is 0 Å². The highest BCUT2D eigenvalue weighted by molar-refractivity contribution is 7.93. The Labute approximate surface area is 104 Å². The first-order valence-electron chi connectivity index (χ1n) is 5.05. The maximum Gasteiger partial charge on any atom is 0.516 e. The van der Waals surface area contributed by atoms with Gasteiger partial charge in [0.05, 0.1) is 5.69 Å². The molecule has 0 unspecified atom stereocenters. The van der Waals surface area contributed by atoms with Gasteiger partial charge in [0.25, 0.3) is 0 Å². The van der Waals surface area contributed by atoms with Crippen molar-refractivity contribution in [3.05, 3.63) is 43.0 Å². The average Bonchev–Trinajstić information content (AvgIpc) is 2.29. The SMILES string of the molecule is C=CCCN(c1ccccc1)S(=O)(=O)C(F)(F)F. The predicted octanol–water partition coefficient (Wildman–Crippen LogP) is 2.92. The van der Waals surface area contributed by atoms with Gasteiger partial charge in [0.1, 0.15) is 0 Å². The molecule has 0 aliphatic carbocycles. The zero-order valence-corrected chi connectivity index (χ0v) is 10.2. The number of hydrogen-bond acceptors (Lipinski definition) is 2. The lowest BCUT2D eigenvalue weighted by Crippen LogP contribution is -2.41. The van der Waals surface area contributed by atoms with Gasteiger partial charge in [0.2, 0.25) is 0 Å². The Bertz CT molecular complexity index is 497. The van der Waals surface area contributed by atoms with E-state index in [1.807, 2.05) is 0 Å². The molecule has 0 atom stereocenters. The minimum atomic E-state index is -5.38. The molecule has 0 aromatic heterocycles. The molecule has 1 rings (SSSR count). The standard InChI is InChI=1S/C11H12F3NO2S/c1-2-3-9-15(10-7-5-4-6-8-10)18(16,17)11(12,13)14/h2,4-8H,1,3,9H2. The number of sulfonamides is 1. The summed E-state index contributed by atoms with van der Waals surface area (Å²) in [5.74, 6) is 0. The van der Waals surface area contributed by atoms with E-state index in [1.165, 1.54) is 30.3 Å². The van der Waals surface area contributed by atoms with Crippen LogP contribution < -0.4 is 4.31 Å². The normalized spacial score (nSPS) is 12.2. The molecule has 18 heavy (non-hydrogen) atoms. The van der Waals surface area contributed by atoms with Crippen molar-refractivity contribution < 1.29 is 21.6 Å². The summed E-state index contributed by atoms with van der Waals surface area (Å²) in [6, 6.07) is 7.17. The lowest BCUT2D eigenvalue weighted by molar-refractivity contribution is -0.0438. The van der Waals surface area contributed by atoms with Crippen molar-refractivity contribution in [3.8, 4) is 0 Å². The fourth-order valence-corrected chi connectivity index (χ4v) is 2.31. The van der Waals surface area contributed by atoms with Crippen LogP contribution in [0.1, 0.15) is 6.42 Å². The highest BCUT2D eigenvalue weighted by atomic mass is 32.2. The number of halogens is 3. The first-order valence-corrected chi connectivity index (χ1v) is 6.49. The van der Waals surface area contributed by atoms with E-state index in [4.69, 9.17) is 0 Å². The molecular formula is C11H12F3NO2S.